The van der Waals surface area contributed by atoms with E-state index >= 15 is 0 Å². The molecule has 1 heteroatoms. The maximum Gasteiger partial charge on any atom is 0.129 e. The second kappa shape index (κ2) is 4.46. The van der Waals surface area contributed by atoms with E-state index < -0.39 is 0 Å². The van der Waals surface area contributed by atoms with Crippen LogP contribution in [0.4, 0.5) is 0 Å². The molecule has 1 heterocycles. The quantitative estimate of drug-likeness (QED) is 0.702. The fourth-order valence-electron chi connectivity index (χ4n) is 2.12. The molecular formula is C16H14O. The SMILES string of the molecule is C(=C\c1cccc2c1OCC2)/c1ccccc1. The molecule has 2 aromatic carbocycles. The Balaban J connectivity index is 1.91. The van der Waals surface area contributed by atoms with Crippen molar-refractivity contribution in [2.75, 3.05) is 6.61 Å². The lowest BCUT2D eigenvalue weighted by molar-refractivity contribution is 0.356. The summed E-state index contributed by atoms with van der Waals surface area (Å²) in [6, 6.07) is 16.7. The minimum Gasteiger partial charge on any atom is -0.492 e. The standard InChI is InChI=1S/C16H14O/c1-2-5-13(6-3-1)9-10-14-7-4-8-15-11-12-17-16(14)15/h1-10H,11-12H2/b10-9+. The van der Waals surface area contributed by atoms with Crippen LogP contribution < -0.4 is 4.74 Å². The minimum atomic E-state index is 0.811. The molecule has 0 unspecified atom stereocenters. The van der Waals surface area contributed by atoms with Crippen LogP contribution in [-0.4, -0.2) is 6.61 Å². The Kier molecular flexibility index (Phi) is 2.66. The molecule has 0 radical (unpaired) electrons. The predicted molar refractivity (Wildman–Crippen MR) is 71.0 cm³/mol. The van der Waals surface area contributed by atoms with Gasteiger partial charge in [0.15, 0.2) is 0 Å². The second-order valence-corrected chi connectivity index (χ2v) is 4.18. The van der Waals surface area contributed by atoms with Crippen molar-refractivity contribution in [2.24, 2.45) is 0 Å². The molecule has 0 saturated heterocycles. The fourth-order valence-corrected chi connectivity index (χ4v) is 2.12. The Labute approximate surface area is 101 Å². The molecule has 1 aliphatic heterocycles. The summed E-state index contributed by atoms with van der Waals surface area (Å²) in [7, 11) is 0. The molecule has 17 heavy (non-hydrogen) atoms. The van der Waals surface area contributed by atoms with Gasteiger partial charge in [-0.3, -0.25) is 0 Å². The Morgan fingerprint density at radius 3 is 2.65 bits per heavy atom. The van der Waals surface area contributed by atoms with Crippen molar-refractivity contribution in [3.8, 4) is 5.75 Å². The number of hydrogen-bond acceptors (Lipinski definition) is 1. The summed E-state index contributed by atoms with van der Waals surface area (Å²) in [5.74, 6) is 1.06. The third-order valence-corrected chi connectivity index (χ3v) is 3.00. The van der Waals surface area contributed by atoms with Crippen LogP contribution in [0.3, 0.4) is 0 Å². The van der Waals surface area contributed by atoms with Gasteiger partial charge in [0.05, 0.1) is 6.61 Å². The molecule has 0 saturated carbocycles. The molecule has 0 atom stereocenters. The molecule has 0 aliphatic carbocycles. The molecule has 3 rings (SSSR count). The summed E-state index contributed by atoms with van der Waals surface area (Å²) < 4.78 is 5.67. The zero-order chi connectivity index (χ0) is 11.5. The van der Waals surface area contributed by atoms with Crippen LogP contribution in [0.5, 0.6) is 5.75 Å². The first-order chi connectivity index (χ1) is 8.43. The number of rotatable bonds is 2. The molecule has 0 amide bonds. The van der Waals surface area contributed by atoms with Gasteiger partial charge in [-0.25, -0.2) is 0 Å². The topological polar surface area (TPSA) is 9.23 Å². The normalized spacial score (nSPS) is 13.6. The maximum atomic E-state index is 5.67. The van der Waals surface area contributed by atoms with E-state index in [0.717, 1.165) is 18.8 Å². The van der Waals surface area contributed by atoms with Gasteiger partial charge in [-0.05, 0) is 11.1 Å². The van der Waals surface area contributed by atoms with E-state index in [4.69, 9.17) is 4.74 Å². The summed E-state index contributed by atoms with van der Waals surface area (Å²) in [5, 5.41) is 0. The molecule has 2 aromatic rings. The van der Waals surface area contributed by atoms with Gasteiger partial charge in [-0.15, -0.1) is 0 Å². The molecule has 0 bridgehead atoms. The molecular weight excluding hydrogens is 208 g/mol. The monoisotopic (exact) mass is 222 g/mol. The zero-order valence-corrected chi connectivity index (χ0v) is 9.60. The first-order valence-corrected chi connectivity index (χ1v) is 5.91. The van der Waals surface area contributed by atoms with Gasteiger partial charge < -0.3 is 4.74 Å². The first-order valence-electron chi connectivity index (χ1n) is 5.91. The maximum absolute atomic E-state index is 5.67. The van der Waals surface area contributed by atoms with Gasteiger partial charge in [0.1, 0.15) is 5.75 Å². The van der Waals surface area contributed by atoms with E-state index in [0.29, 0.717) is 0 Å². The molecule has 1 aliphatic rings. The summed E-state index contributed by atoms with van der Waals surface area (Å²) >= 11 is 0. The van der Waals surface area contributed by atoms with Crippen LogP contribution in [0.2, 0.25) is 0 Å². The van der Waals surface area contributed by atoms with E-state index in [1.165, 1.54) is 16.7 Å². The molecule has 0 N–H and O–H groups in total. The highest BCUT2D eigenvalue weighted by atomic mass is 16.5. The fraction of sp³-hybridized carbons (Fsp3) is 0.125. The third-order valence-electron chi connectivity index (χ3n) is 3.00. The highest BCUT2D eigenvalue weighted by molar-refractivity contribution is 5.73. The highest BCUT2D eigenvalue weighted by Crippen LogP contribution is 2.30. The average molecular weight is 222 g/mol. The van der Waals surface area contributed by atoms with Crippen molar-refractivity contribution >= 4 is 12.2 Å². The van der Waals surface area contributed by atoms with E-state index in [9.17, 15) is 0 Å². The Morgan fingerprint density at radius 1 is 0.882 bits per heavy atom. The van der Waals surface area contributed by atoms with Crippen LogP contribution in [-0.2, 0) is 6.42 Å². The Hall–Kier alpha value is -2.02. The van der Waals surface area contributed by atoms with Crippen LogP contribution >= 0.6 is 0 Å². The molecule has 1 nitrogen and oxygen atoms in total. The Morgan fingerprint density at radius 2 is 1.76 bits per heavy atom. The highest BCUT2D eigenvalue weighted by Gasteiger charge is 2.13. The van der Waals surface area contributed by atoms with E-state index in [1.54, 1.807) is 0 Å². The number of ether oxygens (including phenoxy) is 1. The van der Waals surface area contributed by atoms with Crippen LogP contribution in [0.1, 0.15) is 16.7 Å². The van der Waals surface area contributed by atoms with Crippen LogP contribution in [0, 0.1) is 0 Å². The number of fused-ring (bicyclic) bond motifs is 1. The minimum absolute atomic E-state index is 0.811. The van der Waals surface area contributed by atoms with Crippen molar-refractivity contribution in [3.63, 3.8) is 0 Å². The molecule has 0 spiro atoms. The largest absolute Gasteiger partial charge is 0.492 e. The lowest BCUT2D eigenvalue weighted by Gasteiger charge is -2.03. The predicted octanol–water partition coefficient (Wildman–Crippen LogP) is 3.79. The van der Waals surface area contributed by atoms with Crippen LogP contribution in [0.25, 0.3) is 12.2 Å². The van der Waals surface area contributed by atoms with Gasteiger partial charge in [-0.2, -0.15) is 0 Å². The van der Waals surface area contributed by atoms with Gasteiger partial charge in [0.2, 0.25) is 0 Å². The third kappa shape index (κ3) is 2.09. The van der Waals surface area contributed by atoms with E-state index in [-0.39, 0.29) is 0 Å². The zero-order valence-electron chi connectivity index (χ0n) is 9.60. The van der Waals surface area contributed by atoms with Crippen molar-refractivity contribution in [1.29, 1.82) is 0 Å². The van der Waals surface area contributed by atoms with E-state index in [2.05, 4.69) is 42.5 Å². The lowest BCUT2D eigenvalue weighted by atomic mass is 10.1. The molecule has 0 aromatic heterocycles. The van der Waals surface area contributed by atoms with Crippen molar-refractivity contribution in [3.05, 3.63) is 65.2 Å². The summed E-state index contributed by atoms with van der Waals surface area (Å²) in [5.41, 5.74) is 3.70. The van der Waals surface area contributed by atoms with Crippen LogP contribution in [0.15, 0.2) is 48.5 Å². The van der Waals surface area contributed by atoms with Gasteiger partial charge in [0.25, 0.3) is 0 Å². The molecule has 84 valence electrons. The number of hydrogen-bond donors (Lipinski definition) is 0. The summed E-state index contributed by atoms with van der Waals surface area (Å²) in [6.45, 7) is 0.811. The van der Waals surface area contributed by atoms with Crippen molar-refractivity contribution in [2.45, 2.75) is 6.42 Å². The summed E-state index contributed by atoms with van der Waals surface area (Å²) in [4.78, 5) is 0. The lowest BCUT2D eigenvalue weighted by Crippen LogP contribution is -1.87. The number of benzene rings is 2. The first kappa shape index (κ1) is 10.2. The summed E-state index contributed by atoms with van der Waals surface area (Å²) in [6.07, 6.45) is 5.28. The van der Waals surface area contributed by atoms with Crippen molar-refractivity contribution < 1.29 is 4.74 Å². The van der Waals surface area contributed by atoms with Gasteiger partial charge in [0, 0.05) is 12.0 Å². The smallest absolute Gasteiger partial charge is 0.129 e. The average Bonchev–Trinajstić information content (AvgIpc) is 2.86. The molecule has 0 fully saturated rings. The van der Waals surface area contributed by atoms with Gasteiger partial charge >= 0.3 is 0 Å². The second-order valence-electron chi connectivity index (χ2n) is 4.18. The van der Waals surface area contributed by atoms with Crippen molar-refractivity contribution in [1.82, 2.24) is 0 Å². The van der Waals surface area contributed by atoms with E-state index in [1.807, 2.05) is 18.2 Å². The Bertz CT molecular complexity index is 541. The number of para-hydroxylation sites is 1. The van der Waals surface area contributed by atoms with Gasteiger partial charge in [-0.1, -0.05) is 60.7 Å².